The zero-order valence-corrected chi connectivity index (χ0v) is 18.0. The van der Waals surface area contributed by atoms with Gasteiger partial charge in [0.2, 0.25) is 5.91 Å². The van der Waals surface area contributed by atoms with Gasteiger partial charge >= 0.3 is 0 Å². The number of aromatic amines is 1. The van der Waals surface area contributed by atoms with E-state index in [1.165, 1.54) is 12.8 Å². The molecule has 7 nitrogen and oxygen atoms in total. The van der Waals surface area contributed by atoms with Gasteiger partial charge in [-0.25, -0.2) is 0 Å². The highest BCUT2D eigenvalue weighted by molar-refractivity contribution is 5.90. The molecule has 2 heterocycles. The summed E-state index contributed by atoms with van der Waals surface area (Å²) in [5, 5.41) is 20.7. The summed E-state index contributed by atoms with van der Waals surface area (Å²) in [5.41, 5.74) is 2.88. The number of aromatic hydroxyl groups is 1. The number of H-pyrrole nitrogens is 1. The van der Waals surface area contributed by atoms with Crippen LogP contribution in [-0.4, -0.2) is 57.9 Å². The summed E-state index contributed by atoms with van der Waals surface area (Å²) in [4.78, 5) is 14.5. The molecule has 0 atom stereocenters. The summed E-state index contributed by atoms with van der Waals surface area (Å²) >= 11 is 0. The topological polar surface area (TPSA) is 90.5 Å². The number of nitrogens with one attached hydrogen (secondary N) is 2. The molecule has 3 N–H and O–H groups in total. The van der Waals surface area contributed by atoms with Crippen LogP contribution >= 0.6 is 0 Å². The number of carbonyl (C=O) groups is 1. The fraction of sp³-hybridized carbons (Fsp3) is 0.360. The van der Waals surface area contributed by atoms with Crippen LogP contribution in [0.3, 0.4) is 0 Å². The molecule has 1 aliphatic carbocycles. The lowest BCUT2D eigenvalue weighted by Crippen LogP contribution is -2.48. The number of amides is 1. The molecule has 1 saturated heterocycles. The second-order valence-corrected chi connectivity index (χ2v) is 8.68. The Morgan fingerprint density at radius 1 is 1.19 bits per heavy atom. The van der Waals surface area contributed by atoms with E-state index in [0.29, 0.717) is 0 Å². The number of fused-ring (bicyclic) bond motifs is 1. The van der Waals surface area contributed by atoms with Gasteiger partial charge in [-0.3, -0.25) is 14.8 Å². The zero-order chi connectivity index (χ0) is 21.9. The van der Waals surface area contributed by atoms with Crippen LogP contribution in [0.25, 0.3) is 22.0 Å². The highest BCUT2D eigenvalue weighted by Gasteiger charge is 2.32. The van der Waals surface area contributed by atoms with E-state index in [4.69, 9.17) is 4.74 Å². The largest absolute Gasteiger partial charge is 0.508 e. The van der Waals surface area contributed by atoms with Crippen molar-refractivity contribution in [1.82, 2.24) is 20.4 Å². The van der Waals surface area contributed by atoms with Gasteiger partial charge in [-0.15, -0.1) is 0 Å². The molecule has 1 aliphatic heterocycles. The molecule has 166 valence electrons. The molecule has 1 aromatic heterocycles. The van der Waals surface area contributed by atoms with Gasteiger partial charge in [0, 0.05) is 31.5 Å². The van der Waals surface area contributed by atoms with Crippen LogP contribution in [0.5, 0.6) is 11.5 Å². The van der Waals surface area contributed by atoms with Gasteiger partial charge in [-0.1, -0.05) is 18.2 Å². The number of carbonyl (C=O) groups excluding carboxylic acids is 1. The van der Waals surface area contributed by atoms with Gasteiger partial charge in [0.1, 0.15) is 17.6 Å². The second-order valence-electron chi connectivity index (χ2n) is 8.68. The molecule has 2 aromatic carbocycles. The van der Waals surface area contributed by atoms with Gasteiger partial charge in [0.25, 0.3) is 0 Å². The number of hydrogen-bond acceptors (Lipinski definition) is 5. The van der Waals surface area contributed by atoms with E-state index in [0.717, 1.165) is 60.3 Å². The normalized spacial score (nSPS) is 21.1. The molecule has 7 heteroatoms. The Kier molecular flexibility index (Phi) is 5.81. The van der Waals surface area contributed by atoms with E-state index < -0.39 is 0 Å². The number of nitrogens with zero attached hydrogens (tertiary/aromatic N) is 2. The molecule has 1 saturated carbocycles. The first-order valence-electron chi connectivity index (χ1n) is 11.3. The molecule has 5 rings (SSSR count). The van der Waals surface area contributed by atoms with Crippen molar-refractivity contribution in [2.24, 2.45) is 0 Å². The third kappa shape index (κ3) is 4.62. The van der Waals surface area contributed by atoms with Crippen molar-refractivity contribution in [3.05, 3.63) is 54.7 Å². The first-order chi connectivity index (χ1) is 15.6. The molecule has 0 bridgehead atoms. The Bertz CT molecular complexity index is 1110. The quantitative estimate of drug-likeness (QED) is 0.496. The van der Waals surface area contributed by atoms with E-state index in [2.05, 4.69) is 20.4 Å². The maximum absolute atomic E-state index is 12.2. The molecule has 2 fully saturated rings. The Balaban J connectivity index is 1.18. The lowest BCUT2D eigenvalue weighted by atomic mass is 9.89. The predicted octanol–water partition coefficient (Wildman–Crippen LogP) is 3.61. The predicted molar refractivity (Wildman–Crippen MR) is 124 cm³/mol. The van der Waals surface area contributed by atoms with Crippen LogP contribution in [-0.2, 0) is 4.79 Å². The van der Waals surface area contributed by atoms with Gasteiger partial charge < -0.3 is 15.2 Å². The van der Waals surface area contributed by atoms with E-state index >= 15 is 0 Å². The molecular formula is C25H28N4O3. The SMILES string of the molecule is O=C(/C=C/CN1CCCC1)N[C@H]1C[C@H](Oc2cc(-c3ccc(O)cc3)cc3[nH]ncc23)C1. The minimum Gasteiger partial charge on any atom is -0.508 e. The number of benzene rings is 2. The fourth-order valence-electron chi connectivity index (χ4n) is 4.42. The number of hydrogen-bond donors (Lipinski definition) is 3. The minimum absolute atomic E-state index is 0.0285. The summed E-state index contributed by atoms with van der Waals surface area (Å²) in [6.45, 7) is 3.11. The summed E-state index contributed by atoms with van der Waals surface area (Å²) in [6.07, 6.45) is 9.53. The van der Waals surface area contributed by atoms with Gasteiger partial charge in [0.15, 0.2) is 0 Å². The molecule has 0 spiro atoms. The maximum atomic E-state index is 12.2. The molecular weight excluding hydrogens is 404 g/mol. The van der Waals surface area contributed by atoms with Crippen LogP contribution in [0.15, 0.2) is 54.7 Å². The highest BCUT2D eigenvalue weighted by Crippen LogP contribution is 2.35. The van der Waals surface area contributed by atoms with Crippen LogP contribution in [0.1, 0.15) is 25.7 Å². The Hall–Kier alpha value is -3.32. The lowest BCUT2D eigenvalue weighted by Gasteiger charge is -2.35. The monoisotopic (exact) mass is 432 g/mol. The summed E-state index contributed by atoms with van der Waals surface area (Å²) < 4.78 is 6.28. The number of aromatic nitrogens is 2. The maximum Gasteiger partial charge on any atom is 0.243 e. The van der Waals surface area contributed by atoms with Crippen molar-refractivity contribution in [1.29, 1.82) is 0 Å². The van der Waals surface area contributed by atoms with Crippen LogP contribution in [0.4, 0.5) is 0 Å². The van der Waals surface area contributed by atoms with E-state index in [9.17, 15) is 9.90 Å². The fourth-order valence-corrected chi connectivity index (χ4v) is 4.42. The van der Waals surface area contributed by atoms with Crippen LogP contribution in [0.2, 0.25) is 0 Å². The van der Waals surface area contributed by atoms with Crippen molar-refractivity contribution in [2.45, 2.75) is 37.8 Å². The van der Waals surface area contributed by atoms with Gasteiger partial charge in [0.05, 0.1) is 17.1 Å². The summed E-state index contributed by atoms with van der Waals surface area (Å²) in [6, 6.07) is 11.3. The number of rotatable bonds is 7. The van der Waals surface area contributed by atoms with Crippen molar-refractivity contribution >= 4 is 16.8 Å². The molecule has 0 radical (unpaired) electrons. The Morgan fingerprint density at radius 3 is 2.75 bits per heavy atom. The van der Waals surface area contributed by atoms with Crippen molar-refractivity contribution < 1.29 is 14.6 Å². The molecule has 1 amide bonds. The molecule has 3 aromatic rings. The number of phenolic OH excluding ortho intramolecular Hbond substituents is 1. The summed E-state index contributed by atoms with van der Waals surface area (Å²) in [7, 11) is 0. The summed E-state index contributed by atoms with van der Waals surface area (Å²) in [5.74, 6) is 0.986. The lowest BCUT2D eigenvalue weighted by molar-refractivity contribution is -0.118. The van der Waals surface area contributed by atoms with E-state index in [-0.39, 0.29) is 23.8 Å². The minimum atomic E-state index is -0.0285. The van der Waals surface area contributed by atoms with E-state index in [1.54, 1.807) is 24.4 Å². The highest BCUT2D eigenvalue weighted by atomic mass is 16.5. The average molecular weight is 433 g/mol. The van der Waals surface area contributed by atoms with Crippen LogP contribution < -0.4 is 10.1 Å². The molecule has 2 aliphatic rings. The smallest absolute Gasteiger partial charge is 0.243 e. The Labute approximate surface area is 187 Å². The molecule has 0 unspecified atom stereocenters. The van der Waals surface area contributed by atoms with E-state index in [1.807, 2.05) is 30.3 Å². The number of ether oxygens (including phenoxy) is 1. The number of likely N-dealkylation sites (tertiary alicyclic amines) is 1. The van der Waals surface area contributed by atoms with Gasteiger partial charge in [-0.05, 0) is 61.3 Å². The van der Waals surface area contributed by atoms with Gasteiger partial charge in [-0.2, -0.15) is 5.10 Å². The van der Waals surface area contributed by atoms with Crippen molar-refractivity contribution in [3.8, 4) is 22.6 Å². The second kappa shape index (κ2) is 9.04. The first-order valence-corrected chi connectivity index (χ1v) is 11.3. The third-order valence-corrected chi connectivity index (χ3v) is 6.29. The average Bonchev–Trinajstić information content (AvgIpc) is 3.44. The standard InChI is InChI=1S/C25H28N4O3/c30-20-7-5-17(6-8-20)18-12-23-22(16-26-28-23)24(13-18)32-21-14-19(15-21)27-25(31)4-3-11-29-9-1-2-10-29/h3-8,12-13,16,19,21,30H,1-2,9-11,14-15H2,(H,26,28)(H,27,31)/b4-3+/t19-,21-. The third-order valence-electron chi connectivity index (χ3n) is 6.29. The zero-order valence-electron chi connectivity index (χ0n) is 18.0. The van der Waals surface area contributed by atoms with Crippen molar-refractivity contribution in [3.63, 3.8) is 0 Å². The van der Waals surface area contributed by atoms with Crippen molar-refractivity contribution in [2.75, 3.05) is 19.6 Å². The molecule has 32 heavy (non-hydrogen) atoms. The Morgan fingerprint density at radius 2 is 1.97 bits per heavy atom. The van der Waals surface area contributed by atoms with Crippen LogP contribution in [0, 0.1) is 0 Å². The number of phenols is 1. The first kappa shape index (κ1) is 20.6.